The number of carbonyl (C=O) groups excluding carboxylic acids is 1. The van der Waals surface area contributed by atoms with Crippen molar-refractivity contribution in [2.24, 2.45) is 5.92 Å². The molecule has 0 saturated heterocycles. The van der Waals surface area contributed by atoms with E-state index >= 15 is 0 Å². The normalized spacial score (nSPS) is 25.4. The summed E-state index contributed by atoms with van der Waals surface area (Å²) in [6.45, 7) is 1.95. The number of aliphatic hydroxyl groups is 1. The molecule has 0 aromatic heterocycles. The van der Waals surface area contributed by atoms with E-state index in [0.717, 1.165) is 11.1 Å². The van der Waals surface area contributed by atoms with Crippen molar-refractivity contribution in [1.29, 1.82) is 0 Å². The summed E-state index contributed by atoms with van der Waals surface area (Å²) < 4.78 is 0. The van der Waals surface area contributed by atoms with E-state index in [-0.39, 0.29) is 5.78 Å². The average Bonchev–Trinajstić information content (AvgIpc) is 2.70. The highest BCUT2D eigenvalue weighted by molar-refractivity contribution is 6.04. The second-order valence-electron chi connectivity index (χ2n) is 5.00. The van der Waals surface area contributed by atoms with Gasteiger partial charge in [-0.3, -0.25) is 4.79 Å². The molecular formula is C17H16O2. The van der Waals surface area contributed by atoms with E-state index in [0.29, 0.717) is 12.0 Å². The van der Waals surface area contributed by atoms with Crippen LogP contribution in [-0.4, -0.2) is 10.9 Å². The van der Waals surface area contributed by atoms with Gasteiger partial charge in [0.15, 0.2) is 5.78 Å². The Morgan fingerprint density at radius 2 is 1.68 bits per heavy atom. The molecule has 1 aliphatic carbocycles. The molecule has 0 amide bonds. The second kappa shape index (κ2) is 4.32. The number of fused-ring (bicyclic) bond motifs is 1. The van der Waals surface area contributed by atoms with E-state index in [2.05, 4.69) is 0 Å². The minimum Gasteiger partial charge on any atom is -0.380 e. The molecule has 2 aromatic rings. The molecule has 2 aromatic carbocycles. The van der Waals surface area contributed by atoms with Gasteiger partial charge in [-0.25, -0.2) is 0 Å². The van der Waals surface area contributed by atoms with Crippen LogP contribution in [0.15, 0.2) is 54.6 Å². The first-order valence-electron chi connectivity index (χ1n) is 6.61. The Labute approximate surface area is 112 Å². The van der Waals surface area contributed by atoms with E-state index in [1.165, 1.54) is 0 Å². The minimum absolute atomic E-state index is 0.0458. The highest BCUT2D eigenvalue weighted by Crippen LogP contribution is 2.47. The van der Waals surface area contributed by atoms with E-state index in [9.17, 15) is 9.90 Å². The Hall–Kier alpha value is -1.93. The standard InChI is InChI=1S/C17H16O2/c1-2-14-16(18)13-10-6-7-11-15(13)17(14,19)12-8-4-3-5-9-12/h3-11,14,19H,2H2,1H3/t14-,17+/m1/s1. The molecule has 1 N–H and O–H groups in total. The number of Topliss-reactive ketones (excluding diaryl/α,β-unsaturated/α-hetero) is 1. The molecule has 3 rings (SSSR count). The molecule has 2 nitrogen and oxygen atoms in total. The third-order valence-corrected chi connectivity index (χ3v) is 4.05. The zero-order valence-corrected chi connectivity index (χ0v) is 10.8. The molecule has 0 fully saturated rings. The second-order valence-corrected chi connectivity index (χ2v) is 5.00. The molecule has 0 unspecified atom stereocenters. The maximum absolute atomic E-state index is 12.5. The Morgan fingerprint density at radius 1 is 1.05 bits per heavy atom. The quantitative estimate of drug-likeness (QED) is 0.891. The van der Waals surface area contributed by atoms with Crippen LogP contribution in [0.4, 0.5) is 0 Å². The number of benzene rings is 2. The summed E-state index contributed by atoms with van der Waals surface area (Å²) in [6.07, 6.45) is 0.624. The average molecular weight is 252 g/mol. The number of carbonyl (C=O) groups is 1. The molecule has 0 radical (unpaired) electrons. The summed E-state index contributed by atoms with van der Waals surface area (Å²) in [5.74, 6) is -0.350. The van der Waals surface area contributed by atoms with Gasteiger partial charge >= 0.3 is 0 Å². The van der Waals surface area contributed by atoms with Crippen LogP contribution < -0.4 is 0 Å². The molecular weight excluding hydrogens is 236 g/mol. The lowest BCUT2D eigenvalue weighted by atomic mass is 9.79. The number of hydrogen-bond donors (Lipinski definition) is 1. The fraction of sp³-hybridized carbons (Fsp3) is 0.235. The summed E-state index contributed by atoms with van der Waals surface area (Å²) in [5, 5.41) is 11.2. The van der Waals surface area contributed by atoms with Crippen molar-refractivity contribution in [3.63, 3.8) is 0 Å². The topological polar surface area (TPSA) is 37.3 Å². The molecule has 0 bridgehead atoms. The van der Waals surface area contributed by atoms with Crippen LogP contribution in [-0.2, 0) is 5.60 Å². The van der Waals surface area contributed by atoms with Gasteiger partial charge < -0.3 is 5.11 Å². The lowest BCUT2D eigenvalue weighted by molar-refractivity contribution is 0.0276. The molecule has 1 aliphatic rings. The van der Waals surface area contributed by atoms with Crippen LogP contribution in [0.1, 0.15) is 34.8 Å². The third kappa shape index (κ3) is 1.57. The monoisotopic (exact) mass is 252 g/mol. The molecule has 0 saturated carbocycles. The maximum atomic E-state index is 12.5. The SMILES string of the molecule is CC[C@@H]1C(=O)c2ccccc2[C@]1(O)c1ccccc1. The van der Waals surface area contributed by atoms with E-state index < -0.39 is 11.5 Å². The molecule has 0 aliphatic heterocycles. The van der Waals surface area contributed by atoms with Gasteiger partial charge in [0.05, 0.1) is 5.92 Å². The zero-order chi connectivity index (χ0) is 13.5. The first-order valence-corrected chi connectivity index (χ1v) is 6.61. The minimum atomic E-state index is -1.19. The summed E-state index contributed by atoms with van der Waals surface area (Å²) in [4.78, 5) is 12.5. The van der Waals surface area contributed by atoms with Crippen LogP contribution in [0.2, 0.25) is 0 Å². The number of hydrogen-bond acceptors (Lipinski definition) is 2. The fourth-order valence-electron chi connectivity index (χ4n) is 3.13. The van der Waals surface area contributed by atoms with Crippen molar-refractivity contribution < 1.29 is 9.90 Å². The van der Waals surface area contributed by atoms with Crippen LogP contribution in [0.25, 0.3) is 0 Å². The van der Waals surface area contributed by atoms with Gasteiger partial charge in [0.25, 0.3) is 0 Å². The number of rotatable bonds is 2. The van der Waals surface area contributed by atoms with Gasteiger partial charge in [0, 0.05) is 5.56 Å². The van der Waals surface area contributed by atoms with E-state index in [1.807, 2.05) is 55.5 Å². The van der Waals surface area contributed by atoms with Gasteiger partial charge in [-0.15, -0.1) is 0 Å². The third-order valence-electron chi connectivity index (χ3n) is 4.05. The summed E-state index contributed by atoms with van der Waals surface area (Å²) in [6, 6.07) is 16.9. The maximum Gasteiger partial charge on any atom is 0.169 e. The van der Waals surface area contributed by atoms with Crippen LogP contribution in [0.5, 0.6) is 0 Å². The van der Waals surface area contributed by atoms with Gasteiger partial charge in [-0.1, -0.05) is 61.5 Å². The predicted octanol–water partition coefficient (Wildman–Crippen LogP) is 3.15. The van der Waals surface area contributed by atoms with Crippen molar-refractivity contribution in [1.82, 2.24) is 0 Å². The van der Waals surface area contributed by atoms with Crippen molar-refractivity contribution >= 4 is 5.78 Å². The van der Waals surface area contributed by atoms with Gasteiger partial charge in [0.1, 0.15) is 5.60 Å². The van der Waals surface area contributed by atoms with Crippen LogP contribution in [0.3, 0.4) is 0 Å². The van der Waals surface area contributed by atoms with Gasteiger partial charge in [-0.05, 0) is 17.5 Å². The van der Waals surface area contributed by atoms with Crippen molar-refractivity contribution in [3.05, 3.63) is 71.3 Å². The van der Waals surface area contributed by atoms with Gasteiger partial charge in [0.2, 0.25) is 0 Å². The largest absolute Gasteiger partial charge is 0.380 e. The Kier molecular flexibility index (Phi) is 2.76. The van der Waals surface area contributed by atoms with Crippen LogP contribution >= 0.6 is 0 Å². The van der Waals surface area contributed by atoms with Crippen molar-refractivity contribution in [3.8, 4) is 0 Å². The zero-order valence-electron chi connectivity index (χ0n) is 10.8. The van der Waals surface area contributed by atoms with Crippen molar-refractivity contribution in [2.45, 2.75) is 18.9 Å². The lowest BCUT2D eigenvalue weighted by Gasteiger charge is -2.30. The summed E-state index contributed by atoms with van der Waals surface area (Å²) in [5.41, 5.74) is 0.989. The molecule has 96 valence electrons. The molecule has 2 atom stereocenters. The highest BCUT2D eigenvalue weighted by Gasteiger charge is 2.50. The Morgan fingerprint density at radius 3 is 2.37 bits per heavy atom. The first kappa shape index (κ1) is 12.1. The molecule has 0 heterocycles. The number of ketones is 1. The van der Waals surface area contributed by atoms with Crippen LogP contribution in [0, 0.1) is 5.92 Å². The Balaban J connectivity index is 2.27. The summed E-state index contributed by atoms with van der Waals surface area (Å²) in [7, 11) is 0. The predicted molar refractivity (Wildman–Crippen MR) is 74.0 cm³/mol. The molecule has 0 spiro atoms. The smallest absolute Gasteiger partial charge is 0.169 e. The van der Waals surface area contributed by atoms with Gasteiger partial charge in [-0.2, -0.15) is 0 Å². The lowest BCUT2D eigenvalue weighted by Crippen LogP contribution is -2.34. The Bertz CT molecular complexity index is 618. The molecule has 19 heavy (non-hydrogen) atoms. The summed E-state index contributed by atoms with van der Waals surface area (Å²) >= 11 is 0. The highest BCUT2D eigenvalue weighted by atomic mass is 16.3. The fourth-order valence-corrected chi connectivity index (χ4v) is 3.13. The van der Waals surface area contributed by atoms with E-state index in [4.69, 9.17) is 0 Å². The first-order chi connectivity index (χ1) is 9.19. The van der Waals surface area contributed by atoms with Crippen molar-refractivity contribution in [2.75, 3.05) is 0 Å². The van der Waals surface area contributed by atoms with E-state index in [1.54, 1.807) is 6.07 Å². The molecule has 2 heteroatoms.